The van der Waals surface area contributed by atoms with Crippen LogP contribution in [-0.4, -0.2) is 27.8 Å². The molecule has 2 aromatic carbocycles. The Balaban J connectivity index is 1.83. The van der Waals surface area contributed by atoms with Crippen molar-refractivity contribution in [1.29, 1.82) is 0 Å². The summed E-state index contributed by atoms with van der Waals surface area (Å²) >= 11 is 0. The van der Waals surface area contributed by atoms with Crippen molar-refractivity contribution in [3.63, 3.8) is 0 Å². The van der Waals surface area contributed by atoms with Crippen LogP contribution in [0, 0.1) is 5.82 Å². The van der Waals surface area contributed by atoms with Crippen LogP contribution >= 0.6 is 0 Å². The van der Waals surface area contributed by atoms with Gasteiger partial charge in [0.1, 0.15) is 16.7 Å². The number of rotatable bonds is 5. The van der Waals surface area contributed by atoms with Crippen molar-refractivity contribution in [2.75, 3.05) is 0 Å². The molecule has 1 aromatic heterocycles. The molecule has 0 saturated heterocycles. The summed E-state index contributed by atoms with van der Waals surface area (Å²) in [4.78, 5) is 7.28. The molecule has 3 aromatic rings. The normalized spacial score (nSPS) is 16.6. The number of H-pyrrole nitrogens is 1. The molecule has 1 fully saturated rings. The highest BCUT2D eigenvalue weighted by molar-refractivity contribution is 7.92. The summed E-state index contributed by atoms with van der Waals surface area (Å²) in [5.41, 5.74) is 0.704. The molecule has 0 bridgehead atoms. The molecule has 0 radical (unpaired) electrons. The van der Waals surface area contributed by atoms with Crippen LogP contribution in [-0.2, 0) is 20.6 Å². The molecule has 1 saturated carbocycles. The van der Waals surface area contributed by atoms with Crippen LogP contribution in [0.1, 0.15) is 32.1 Å². The topological polar surface area (TPSA) is 79.9 Å². The number of halogens is 1. The van der Waals surface area contributed by atoms with Gasteiger partial charge in [-0.2, -0.15) is 0 Å². The Hall–Kier alpha value is -2.32. The fourth-order valence-corrected chi connectivity index (χ4v) is 6.87. The van der Waals surface area contributed by atoms with Gasteiger partial charge in [-0.3, -0.25) is 4.21 Å². The maximum Gasteiger partial charge on any atom is 0.226 e. The number of aromatic amines is 1. The molecule has 1 aliphatic rings. The SMILES string of the molecule is O=S(c1[nH]c(-c2ccccc2)nc1S(=O)(=O)c1ccc(F)cc1)C1CCCCC1. The molecule has 1 atom stereocenters. The van der Waals surface area contributed by atoms with Gasteiger partial charge in [-0.15, -0.1) is 0 Å². The third-order valence-electron chi connectivity index (χ3n) is 5.12. The largest absolute Gasteiger partial charge is 0.330 e. The van der Waals surface area contributed by atoms with E-state index in [-0.39, 0.29) is 20.2 Å². The van der Waals surface area contributed by atoms with Crippen LogP contribution in [0.3, 0.4) is 0 Å². The number of aromatic nitrogens is 2. The van der Waals surface area contributed by atoms with E-state index in [1.165, 1.54) is 12.1 Å². The first-order valence-electron chi connectivity index (χ1n) is 9.53. The number of hydrogen-bond donors (Lipinski definition) is 1. The van der Waals surface area contributed by atoms with E-state index in [1.54, 1.807) is 12.1 Å². The molecule has 0 spiro atoms. The Morgan fingerprint density at radius 1 is 0.966 bits per heavy atom. The standard InChI is InChI=1S/C21H21FN2O3S2/c22-16-11-13-18(14-12-16)29(26,27)21-20(28(25)17-9-5-2-6-10-17)23-19(24-21)15-7-3-1-4-8-15/h1,3-4,7-8,11-14,17H,2,5-6,9-10H2,(H,23,24). The first-order chi connectivity index (χ1) is 14.0. The Morgan fingerprint density at radius 2 is 1.62 bits per heavy atom. The van der Waals surface area contributed by atoms with Crippen LogP contribution < -0.4 is 0 Å². The average molecular weight is 433 g/mol. The molecule has 5 nitrogen and oxygen atoms in total. The molecule has 1 N–H and O–H groups in total. The van der Waals surface area contributed by atoms with Gasteiger partial charge in [0.2, 0.25) is 9.84 Å². The lowest BCUT2D eigenvalue weighted by molar-refractivity contribution is 0.503. The van der Waals surface area contributed by atoms with Crippen LogP contribution in [0.15, 0.2) is 69.5 Å². The smallest absolute Gasteiger partial charge is 0.226 e. The molecular formula is C21H21FN2O3S2. The van der Waals surface area contributed by atoms with E-state index in [2.05, 4.69) is 9.97 Å². The van der Waals surface area contributed by atoms with E-state index in [0.717, 1.165) is 44.2 Å². The quantitative estimate of drug-likeness (QED) is 0.603. The summed E-state index contributed by atoms with van der Waals surface area (Å²) in [6, 6.07) is 13.7. The number of nitrogens with one attached hydrogen (secondary N) is 1. The molecule has 1 unspecified atom stereocenters. The second-order valence-corrected chi connectivity index (χ2v) is 10.6. The van der Waals surface area contributed by atoms with Gasteiger partial charge < -0.3 is 4.98 Å². The second kappa shape index (κ2) is 8.20. The first-order valence-corrected chi connectivity index (χ1v) is 12.2. The summed E-state index contributed by atoms with van der Waals surface area (Å²) in [5.74, 6) is -0.174. The van der Waals surface area contributed by atoms with Gasteiger partial charge in [0.05, 0.1) is 15.7 Å². The van der Waals surface area contributed by atoms with Gasteiger partial charge in [0.25, 0.3) is 0 Å². The van der Waals surface area contributed by atoms with Crippen molar-refractivity contribution in [2.45, 2.75) is 52.3 Å². The molecule has 0 aliphatic heterocycles. The number of nitrogens with zero attached hydrogens (tertiary/aromatic N) is 1. The van der Waals surface area contributed by atoms with Crippen LogP contribution in [0.2, 0.25) is 0 Å². The zero-order chi connectivity index (χ0) is 20.4. The minimum absolute atomic E-state index is 0.0769. The first kappa shape index (κ1) is 20.0. The number of hydrogen-bond acceptors (Lipinski definition) is 4. The molecule has 152 valence electrons. The van der Waals surface area contributed by atoms with Crippen molar-refractivity contribution >= 4 is 20.6 Å². The zero-order valence-corrected chi connectivity index (χ0v) is 17.3. The number of imidazole rings is 1. The third kappa shape index (κ3) is 4.04. The second-order valence-electron chi connectivity index (χ2n) is 7.10. The number of benzene rings is 2. The molecule has 0 amide bonds. The molecule has 8 heteroatoms. The Bertz CT molecular complexity index is 1120. The molecule has 1 heterocycles. The molecular weight excluding hydrogens is 411 g/mol. The predicted molar refractivity (Wildman–Crippen MR) is 109 cm³/mol. The van der Waals surface area contributed by atoms with Crippen molar-refractivity contribution < 1.29 is 17.0 Å². The Labute approximate surface area is 171 Å². The third-order valence-corrected chi connectivity index (χ3v) is 8.72. The number of sulfone groups is 1. The Morgan fingerprint density at radius 3 is 2.28 bits per heavy atom. The predicted octanol–water partition coefficient (Wildman–Crippen LogP) is 4.49. The van der Waals surface area contributed by atoms with Gasteiger partial charge >= 0.3 is 0 Å². The van der Waals surface area contributed by atoms with Gasteiger partial charge in [0, 0.05) is 10.8 Å². The highest BCUT2D eigenvalue weighted by Crippen LogP contribution is 2.32. The average Bonchev–Trinajstić information content (AvgIpc) is 3.21. The minimum Gasteiger partial charge on any atom is -0.330 e. The van der Waals surface area contributed by atoms with Crippen LogP contribution in [0.5, 0.6) is 0 Å². The fourth-order valence-electron chi connectivity index (χ4n) is 3.56. The lowest BCUT2D eigenvalue weighted by Crippen LogP contribution is -2.20. The lowest BCUT2D eigenvalue weighted by atomic mass is 10.0. The maximum atomic E-state index is 13.3. The summed E-state index contributed by atoms with van der Waals surface area (Å²) in [5, 5.41) is -0.220. The highest BCUT2D eigenvalue weighted by Gasteiger charge is 2.32. The lowest BCUT2D eigenvalue weighted by Gasteiger charge is -2.20. The summed E-state index contributed by atoms with van der Waals surface area (Å²) < 4.78 is 53.1. The monoisotopic (exact) mass is 432 g/mol. The zero-order valence-electron chi connectivity index (χ0n) is 15.7. The van der Waals surface area contributed by atoms with Gasteiger partial charge in [-0.25, -0.2) is 17.8 Å². The van der Waals surface area contributed by atoms with E-state index in [1.807, 2.05) is 18.2 Å². The van der Waals surface area contributed by atoms with Crippen molar-refractivity contribution in [3.8, 4) is 11.4 Å². The van der Waals surface area contributed by atoms with Gasteiger partial charge in [0.15, 0.2) is 5.03 Å². The van der Waals surface area contributed by atoms with E-state index >= 15 is 0 Å². The Kier molecular flexibility index (Phi) is 5.65. The summed E-state index contributed by atoms with van der Waals surface area (Å²) in [7, 11) is -5.59. The van der Waals surface area contributed by atoms with Gasteiger partial charge in [-0.1, -0.05) is 49.6 Å². The summed E-state index contributed by atoms with van der Waals surface area (Å²) in [6.07, 6.45) is 4.66. The van der Waals surface area contributed by atoms with Crippen LogP contribution in [0.25, 0.3) is 11.4 Å². The van der Waals surface area contributed by atoms with E-state index in [9.17, 15) is 17.0 Å². The van der Waals surface area contributed by atoms with Crippen LogP contribution in [0.4, 0.5) is 4.39 Å². The van der Waals surface area contributed by atoms with Crippen molar-refractivity contribution in [2.24, 2.45) is 0 Å². The van der Waals surface area contributed by atoms with Gasteiger partial charge in [-0.05, 0) is 37.1 Å². The fraction of sp³-hybridized carbons (Fsp3) is 0.286. The summed E-state index contributed by atoms with van der Waals surface area (Å²) in [6.45, 7) is 0. The maximum absolute atomic E-state index is 13.3. The van der Waals surface area contributed by atoms with E-state index in [4.69, 9.17) is 0 Å². The minimum atomic E-state index is -4.06. The van der Waals surface area contributed by atoms with E-state index in [0.29, 0.717) is 11.4 Å². The van der Waals surface area contributed by atoms with Crippen molar-refractivity contribution in [3.05, 3.63) is 60.4 Å². The van der Waals surface area contributed by atoms with Crippen molar-refractivity contribution in [1.82, 2.24) is 9.97 Å². The molecule has 1 aliphatic carbocycles. The molecule has 4 rings (SSSR count). The molecule has 29 heavy (non-hydrogen) atoms. The van der Waals surface area contributed by atoms with E-state index < -0.39 is 26.5 Å². The highest BCUT2D eigenvalue weighted by atomic mass is 32.2.